The highest BCUT2D eigenvalue weighted by Crippen LogP contribution is 2.41. The summed E-state index contributed by atoms with van der Waals surface area (Å²) in [6.07, 6.45) is 1.48. The zero-order valence-corrected chi connectivity index (χ0v) is 20.4. The van der Waals surface area contributed by atoms with Crippen LogP contribution in [0.5, 0.6) is 5.75 Å². The standard InChI is InChI=1S/C24H22N4O4S2/c1-13(2)15-4-6-16(7-5-15)21-14(3)34-24-22(21)23(25-12-26-24)33-11-20(30)27-18-10-17(28(31)32)8-9-19(18)29/h4-10,12-13,29H,11H2,1-3H3,(H,27,30). The Morgan fingerprint density at radius 2 is 1.94 bits per heavy atom. The van der Waals surface area contributed by atoms with E-state index in [0.29, 0.717) is 10.9 Å². The number of hydrogen-bond acceptors (Lipinski definition) is 8. The van der Waals surface area contributed by atoms with Crippen molar-refractivity contribution in [2.24, 2.45) is 0 Å². The molecule has 8 nitrogen and oxygen atoms in total. The van der Waals surface area contributed by atoms with Crippen molar-refractivity contribution in [1.29, 1.82) is 0 Å². The van der Waals surface area contributed by atoms with Gasteiger partial charge in [-0.2, -0.15) is 0 Å². The molecule has 4 aromatic rings. The molecule has 4 rings (SSSR count). The first-order valence-electron chi connectivity index (χ1n) is 10.5. The molecule has 0 aliphatic heterocycles. The summed E-state index contributed by atoms with van der Waals surface area (Å²) in [6, 6.07) is 11.9. The molecular formula is C24H22N4O4S2. The maximum atomic E-state index is 12.6. The largest absolute Gasteiger partial charge is 0.506 e. The van der Waals surface area contributed by atoms with E-state index in [1.165, 1.54) is 35.8 Å². The molecule has 0 bridgehead atoms. The number of thiophene rings is 1. The lowest BCUT2D eigenvalue weighted by atomic mass is 9.98. The van der Waals surface area contributed by atoms with Crippen LogP contribution in [0.4, 0.5) is 11.4 Å². The zero-order valence-electron chi connectivity index (χ0n) is 18.7. The number of non-ortho nitro benzene ring substituents is 1. The van der Waals surface area contributed by atoms with Crippen LogP contribution >= 0.6 is 23.1 Å². The Labute approximate surface area is 204 Å². The van der Waals surface area contributed by atoms with Gasteiger partial charge in [0.05, 0.1) is 21.7 Å². The Morgan fingerprint density at radius 3 is 2.62 bits per heavy atom. The van der Waals surface area contributed by atoms with Crippen LogP contribution in [0.1, 0.15) is 30.2 Å². The van der Waals surface area contributed by atoms with E-state index in [0.717, 1.165) is 32.3 Å². The van der Waals surface area contributed by atoms with Gasteiger partial charge in [-0.1, -0.05) is 49.9 Å². The summed E-state index contributed by atoms with van der Waals surface area (Å²) in [6.45, 7) is 6.35. The molecule has 0 saturated carbocycles. The summed E-state index contributed by atoms with van der Waals surface area (Å²) < 4.78 is 0. The predicted molar refractivity (Wildman–Crippen MR) is 136 cm³/mol. The highest BCUT2D eigenvalue weighted by molar-refractivity contribution is 8.00. The van der Waals surface area contributed by atoms with Crippen LogP contribution in [0.3, 0.4) is 0 Å². The average Bonchev–Trinajstić information content (AvgIpc) is 3.15. The lowest BCUT2D eigenvalue weighted by Gasteiger charge is -2.09. The second kappa shape index (κ2) is 9.78. The van der Waals surface area contributed by atoms with E-state index < -0.39 is 10.8 Å². The van der Waals surface area contributed by atoms with Crippen LogP contribution in [-0.2, 0) is 4.79 Å². The molecule has 0 radical (unpaired) electrons. The normalized spacial score (nSPS) is 11.2. The second-order valence-electron chi connectivity index (χ2n) is 7.96. The first-order chi connectivity index (χ1) is 16.2. The second-order valence-corrected chi connectivity index (χ2v) is 10.1. The van der Waals surface area contributed by atoms with E-state index in [9.17, 15) is 20.0 Å². The number of nitrogens with zero attached hydrogens (tertiary/aromatic N) is 3. The van der Waals surface area contributed by atoms with E-state index in [-0.39, 0.29) is 22.9 Å². The number of phenolic OH excluding ortho intramolecular Hbond substituents is 1. The van der Waals surface area contributed by atoms with Gasteiger partial charge in [0.2, 0.25) is 5.91 Å². The van der Waals surface area contributed by atoms with Crippen LogP contribution in [-0.4, -0.2) is 31.7 Å². The molecule has 0 saturated heterocycles. The van der Waals surface area contributed by atoms with Gasteiger partial charge in [-0.05, 0) is 30.0 Å². The minimum absolute atomic E-state index is 0.00880. The molecule has 174 valence electrons. The molecule has 1 amide bonds. The molecular weight excluding hydrogens is 472 g/mol. The van der Waals surface area contributed by atoms with Crippen LogP contribution in [0.15, 0.2) is 53.8 Å². The number of benzene rings is 2. The topological polar surface area (TPSA) is 118 Å². The quantitative estimate of drug-likeness (QED) is 0.104. The Bertz CT molecular complexity index is 1380. The number of amides is 1. The molecule has 0 aliphatic carbocycles. The lowest BCUT2D eigenvalue weighted by molar-refractivity contribution is -0.384. The minimum Gasteiger partial charge on any atom is -0.506 e. The monoisotopic (exact) mass is 494 g/mol. The van der Waals surface area contributed by atoms with E-state index in [4.69, 9.17) is 0 Å². The molecule has 10 heteroatoms. The SMILES string of the molecule is Cc1sc2ncnc(SCC(=O)Nc3cc([N+](=O)[O-])ccc3O)c2c1-c1ccc(C(C)C)cc1. The van der Waals surface area contributed by atoms with E-state index in [1.807, 2.05) is 6.92 Å². The van der Waals surface area contributed by atoms with Gasteiger partial charge in [-0.25, -0.2) is 9.97 Å². The fourth-order valence-electron chi connectivity index (χ4n) is 3.57. The van der Waals surface area contributed by atoms with Crippen molar-refractivity contribution in [1.82, 2.24) is 9.97 Å². The highest BCUT2D eigenvalue weighted by Gasteiger charge is 2.19. The maximum absolute atomic E-state index is 12.6. The van der Waals surface area contributed by atoms with Gasteiger partial charge in [-0.3, -0.25) is 14.9 Å². The Kier molecular flexibility index (Phi) is 6.80. The van der Waals surface area contributed by atoms with Crippen molar-refractivity contribution in [2.45, 2.75) is 31.7 Å². The fourth-order valence-corrected chi connectivity index (χ4v) is 5.45. The molecule has 0 fully saturated rings. The number of aromatic nitrogens is 2. The highest BCUT2D eigenvalue weighted by atomic mass is 32.2. The third-order valence-electron chi connectivity index (χ3n) is 5.30. The smallest absolute Gasteiger partial charge is 0.271 e. The summed E-state index contributed by atoms with van der Waals surface area (Å²) >= 11 is 2.83. The number of hydrogen-bond donors (Lipinski definition) is 2. The van der Waals surface area contributed by atoms with E-state index in [2.05, 4.69) is 53.4 Å². The number of nitrogens with one attached hydrogen (secondary N) is 1. The van der Waals surface area contributed by atoms with Gasteiger partial charge in [0.25, 0.3) is 5.69 Å². The molecule has 0 spiro atoms. The van der Waals surface area contributed by atoms with Gasteiger partial charge < -0.3 is 10.4 Å². The number of aromatic hydroxyl groups is 1. The van der Waals surface area contributed by atoms with Crippen molar-refractivity contribution < 1.29 is 14.8 Å². The number of nitro groups is 1. The Hall–Kier alpha value is -3.50. The van der Waals surface area contributed by atoms with Crippen LogP contribution < -0.4 is 5.32 Å². The maximum Gasteiger partial charge on any atom is 0.271 e. The van der Waals surface area contributed by atoms with Crippen LogP contribution in [0, 0.1) is 17.0 Å². The summed E-state index contributed by atoms with van der Waals surface area (Å²) in [5.41, 5.74) is 3.14. The van der Waals surface area contributed by atoms with E-state index in [1.54, 1.807) is 11.3 Å². The third kappa shape index (κ3) is 4.87. The van der Waals surface area contributed by atoms with Crippen molar-refractivity contribution in [3.8, 4) is 16.9 Å². The molecule has 2 aromatic carbocycles. The Morgan fingerprint density at radius 1 is 1.21 bits per heavy atom. The first kappa shape index (κ1) is 23.7. The number of carbonyl (C=O) groups excluding carboxylic acids is 1. The number of carbonyl (C=O) groups is 1. The predicted octanol–water partition coefficient (Wildman–Crippen LogP) is 6.13. The van der Waals surface area contributed by atoms with Crippen molar-refractivity contribution in [2.75, 3.05) is 11.1 Å². The number of anilines is 1. The molecule has 2 N–H and O–H groups in total. The number of rotatable bonds is 7. The summed E-state index contributed by atoms with van der Waals surface area (Å²) in [4.78, 5) is 33.8. The fraction of sp³-hybridized carbons (Fsp3) is 0.208. The van der Waals surface area contributed by atoms with Crippen molar-refractivity contribution >= 4 is 50.6 Å². The first-order valence-corrected chi connectivity index (χ1v) is 12.3. The number of thioether (sulfide) groups is 1. The molecule has 2 heterocycles. The van der Waals surface area contributed by atoms with Gasteiger partial charge in [0.15, 0.2) is 0 Å². The summed E-state index contributed by atoms with van der Waals surface area (Å²) in [5, 5.41) is 25.0. The third-order valence-corrected chi connectivity index (χ3v) is 7.30. The van der Waals surface area contributed by atoms with Gasteiger partial charge in [0.1, 0.15) is 21.9 Å². The number of fused-ring (bicyclic) bond motifs is 1. The van der Waals surface area contributed by atoms with Gasteiger partial charge >= 0.3 is 0 Å². The molecule has 2 aromatic heterocycles. The minimum atomic E-state index is -0.588. The number of phenols is 1. The van der Waals surface area contributed by atoms with Crippen LogP contribution in [0.25, 0.3) is 21.3 Å². The lowest BCUT2D eigenvalue weighted by Crippen LogP contribution is -2.14. The summed E-state index contributed by atoms with van der Waals surface area (Å²) in [5.74, 6) is -0.210. The van der Waals surface area contributed by atoms with Gasteiger partial charge in [0, 0.05) is 22.6 Å². The van der Waals surface area contributed by atoms with Gasteiger partial charge in [-0.15, -0.1) is 11.3 Å². The van der Waals surface area contributed by atoms with E-state index >= 15 is 0 Å². The molecule has 34 heavy (non-hydrogen) atoms. The number of nitro benzene ring substituents is 1. The van der Waals surface area contributed by atoms with Crippen molar-refractivity contribution in [3.05, 3.63) is 69.3 Å². The molecule has 0 atom stereocenters. The summed E-state index contributed by atoms with van der Waals surface area (Å²) in [7, 11) is 0. The number of aryl methyl sites for hydroxylation is 1. The Balaban J connectivity index is 1.59. The van der Waals surface area contributed by atoms with Crippen molar-refractivity contribution in [3.63, 3.8) is 0 Å². The molecule has 0 unspecified atom stereocenters. The average molecular weight is 495 g/mol. The van der Waals surface area contributed by atoms with Crippen LogP contribution in [0.2, 0.25) is 0 Å². The zero-order chi connectivity index (χ0) is 24.4. The molecule has 0 aliphatic rings.